The lowest BCUT2D eigenvalue weighted by Crippen LogP contribution is -2.23. The summed E-state index contributed by atoms with van der Waals surface area (Å²) in [4.78, 5) is 2.26. The highest BCUT2D eigenvalue weighted by molar-refractivity contribution is 5.37. The van der Waals surface area contributed by atoms with Crippen molar-refractivity contribution in [1.82, 2.24) is 4.90 Å². The Morgan fingerprint density at radius 1 is 0.947 bits per heavy atom. The summed E-state index contributed by atoms with van der Waals surface area (Å²) in [6, 6.07) is 20.7. The van der Waals surface area contributed by atoms with Gasteiger partial charge in [-0.3, -0.25) is 4.90 Å². The molecule has 1 nitrogen and oxygen atoms in total. The summed E-state index contributed by atoms with van der Waals surface area (Å²) in [6.45, 7) is 3.13. The van der Waals surface area contributed by atoms with Crippen LogP contribution >= 0.6 is 0 Å². The van der Waals surface area contributed by atoms with Crippen LogP contribution in [0.2, 0.25) is 0 Å². The summed E-state index contributed by atoms with van der Waals surface area (Å²) in [5, 5.41) is 0. The zero-order valence-corrected chi connectivity index (χ0v) is 11.5. The Hall–Kier alpha value is -2.04. The van der Waals surface area contributed by atoms with Crippen LogP contribution in [0.25, 0.3) is 0 Å². The number of hydrogen-bond donors (Lipinski definition) is 0. The molecule has 0 N–H and O–H groups in total. The molecule has 0 fully saturated rings. The van der Waals surface area contributed by atoms with E-state index in [1.807, 2.05) is 36.4 Å². The van der Waals surface area contributed by atoms with E-state index in [1.165, 1.54) is 5.56 Å². The van der Waals surface area contributed by atoms with Crippen molar-refractivity contribution in [3.63, 3.8) is 0 Å². The summed E-state index contributed by atoms with van der Waals surface area (Å²) >= 11 is 0. The van der Waals surface area contributed by atoms with Gasteiger partial charge < -0.3 is 0 Å². The van der Waals surface area contributed by atoms with Crippen molar-refractivity contribution in [2.75, 3.05) is 13.6 Å². The minimum atomic E-state index is 0.145. The molecule has 0 aliphatic rings. The Labute approximate surface area is 115 Å². The van der Waals surface area contributed by atoms with Crippen LogP contribution < -0.4 is 0 Å². The van der Waals surface area contributed by atoms with Gasteiger partial charge in [0.25, 0.3) is 0 Å². The van der Waals surface area contributed by atoms with Crippen molar-refractivity contribution in [2.45, 2.75) is 13.0 Å². The highest BCUT2D eigenvalue weighted by atomic mass is 15.1. The van der Waals surface area contributed by atoms with Gasteiger partial charge in [0.2, 0.25) is 0 Å². The first-order valence-electron chi connectivity index (χ1n) is 6.63. The van der Waals surface area contributed by atoms with E-state index in [-0.39, 0.29) is 6.04 Å². The van der Waals surface area contributed by atoms with Crippen molar-refractivity contribution in [2.24, 2.45) is 0 Å². The van der Waals surface area contributed by atoms with E-state index in [0.717, 1.165) is 12.1 Å². The number of rotatable bonds is 3. The van der Waals surface area contributed by atoms with Crippen LogP contribution in [-0.4, -0.2) is 18.5 Å². The second-order valence-corrected chi connectivity index (χ2v) is 4.52. The molecule has 0 bridgehead atoms. The average molecular weight is 249 g/mol. The zero-order valence-electron chi connectivity index (χ0n) is 11.5. The van der Waals surface area contributed by atoms with E-state index in [9.17, 15) is 0 Å². The first kappa shape index (κ1) is 13.4. The topological polar surface area (TPSA) is 3.24 Å². The predicted molar refractivity (Wildman–Crippen MR) is 80.8 cm³/mol. The largest absolute Gasteiger partial charge is 0.289 e. The zero-order chi connectivity index (χ0) is 13.5. The van der Waals surface area contributed by atoms with Gasteiger partial charge in [0, 0.05) is 5.56 Å². The van der Waals surface area contributed by atoms with Gasteiger partial charge in [0.15, 0.2) is 0 Å². The first-order chi connectivity index (χ1) is 9.31. The maximum absolute atomic E-state index is 3.38. The van der Waals surface area contributed by atoms with Crippen LogP contribution in [0.15, 0.2) is 60.7 Å². The molecular formula is C18H19N. The number of hydrogen-bond acceptors (Lipinski definition) is 1. The van der Waals surface area contributed by atoms with E-state index in [2.05, 4.69) is 55.0 Å². The van der Waals surface area contributed by atoms with Crippen LogP contribution in [-0.2, 0) is 0 Å². The van der Waals surface area contributed by atoms with Crippen LogP contribution in [0.1, 0.15) is 24.1 Å². The summed E-state index contributed by atoms with van der Waals surface area (Å²) in [5.41, 5.74) is 2.31. The summed E-state index contributed by atoms with van der Waals surface area (Å²) in [6.07, 6.45) is 0. The van der Waals surface area contributed by atoms with Crippen molar-refractivity contribution in [3.05, 3.63) is 71.8 Å². The molecule has 0 aromatic heterocycles. The molecule has 0 saturated carbocycles. The number of nitrogens with zero attached hydrogens (tertiary/aromatic N) is 1. The van der Waals surface area contributed by atoms with Gasteiger partial charge in [-0.25, -0.2) is 0 Å². The molecule has 1 unspecified atom stereocenters. The van der Waals surface area contributed by atoms with Crippen LogP contribution in [0, 0.1) is 11.8 Å². The maximum atomic E-state index is 3.38. The Morgan fingerprint density at radius 3 is 2.11 bits per heavy atom. The molecule has 2 aromatic carbocycles. The quantitative estimate of drug-likeness (QED) is 0.749. The van der Waals surface area contributed by atoms with Gasteiger partial charge in [0.1, 0.15) is 0 Å². The van der Waals surface area contributed by atoms with Gasteiger partial charge in [-0.15, -0.1) is 0 Å². The van der Waals surface area contributed by atoms with E-state index in [0.29, 0.717) is 0 Å². The van der Waals surface area contributed by atoms with E-state index in [1.54, 1.807) is 0 Å². The van der Waals surface area contributed by atoms with Gasteiger partial charge in [-0.05, 0) is 31.3 Å². The summed E-state index contributed by atoms with van der Waals surface area (Å²) < 4.78 is 0. The first-order valence-corrected chi connectivity index (χ1v) is 6.63. The van der Waals surface area contributed by atoms with Gasteiger partial charge >= 0.3 is 0 Å². The predicted octanol–water partition coefficient (Wildman–Crippen LogP) is 3.73. The fraction of sp³-hybridized carbons (Fsp3) is 0.222. The Morgan fingerprint density at radius 2 is 1.53 bits per heavy atom. The molecule has 2 rings (SSSR count). The Bertz CT molecular complexity index is 548. The minimum Gasteiger partial charge on any atom is -0.289 e. The Kier molecular flexibility index (Phi) is 4.78. The fourth-order valence-electron chi connectivity index (χ4n) is 1.94. The molecule has 0 spiro atoms. The van der Waals surface area contributed by atoms with Gasteiger partial charge in [0.05, 0.1) is 6.04 Å². The molecule has 0 aliphatic carbocycles. The standard InChI is InChI=1S/C18H19N/c1-3-19(2)18(17-12-8-5-9-13-17)15-14-16-10-6-4-7-11-16/h4-13,18H,3H2,1-2H3. The smallest absolute Gasteiger partial charge is 0.0972 e. The third-order valence-electron chi connectivity index (χ3n) is 3.18. The van der Waals surface area contributed by atoms with Crippen molar-refractivity contribution >= 4 is 0 Å². The normalized spacial score (nSPS) is 11.7. The third-order valence-corrected chi connectivity index (χ3v) is 3.18. The molecule has 0 amide bonds. The molecule has 19 heavy (non-hydrogen) atoms. The molecule has 96 valence electrons. The number of benzene rings is 2. The highest BCUT2D eigenvalue weighted by Gasteiger charge is 2.11. The molecule has 0 heterocycles. The van der Waals surface area contributed by atoms with Gasteiger partial charge in [-0.2, -0.15) is 0 Å². The second-order valence-electron chi connectivity index (χ2n) is 4.52. The molecule has 0 radical (unpaired) electrons. The molecule has 1 heteroatoms. The SMILES string of the molecule is CCN(C)C(C#Cc1ccccc1)c1ccccc1. The van der Waals surface area contributed by atoms with Crippen molar-refractivity contribution < 1.29 is 0 Å². The molecule has 0 saturated heterocycles. The summed E-state index contributed by atoms with van der Waals surface area (Å²) in [5.74, 6) is 6.65. The van der Waals surface area contributed by atoms with Gasteiger partial charge in [-0.1, -0.05) is 67.3 Å². The van der Waals surface area contributed by atoms with E-state index < -0.39 is 0 Å². The van der Waals surface area contributed by atoms with Crippen LogP contribution in [0.3, 0.4) is 0 Å². The third kappa shape index (κ3) is 3.71. The monoisotopic (exact) mass is 249 g/mol. The molecule has 1 atom stereocenters. The minimum absolute atomic E-state index is 0.145. The Balaban J connectivity index is 2.28. The average Bonchev–Trinajstić information content (AvgIpc) is 2.49. The van der Waals surface area contributed by atoms with Crippen LogP contribution in [0.5, 0.6) is 0 Å². The summed E-state index contributed by atoms with van der Waals surface area (Å²) in [7, 11) is 2.11. The highest BCUT2D eigenvalue weighted by Crippen LogP contribution is 2.18. The second kappa shape index (κ2) is 6.78. The van der Waals surface area contributed by atoms with Crippen molar-refractivity contribution in [1.29, 1.82) is 0 Å². The maximum Gasteiger partial charge on any atom is 0.0972 e. The lowest BCUT2D eigenvalue weighted by atomic mass is 10.1. The molecule has 0 aliphatic heterocycles. The molecule has 2 aromatic rings. The lowest BCUT2D eigenvalue weighted by molar-refractivity contribution is 0.310. The lowest BCUT2D eigenvalue weighted by Gasteiger charge is -2.22. The van der Waals surface area contributed by atoms with E-state index in [4.69, 9.17) is 0 Å². The van der Waals surface area contributed by atoms with Crippen molar-refractivity contribution in [3.8, 4) is 11.8 Å². The van der Waals surface area contributed by atoms with E-state index >= 15 is 0 Å². The fourth-order valence-corrected chi connectivity index (χ4v) is 1.94. The molecular weight excluding hydrogens is 230 g/mol. The van der Waals surface area contributed by atoms with Crippen LogP contribution in [0.4, 0.5) is 0 Å².